The third-order valence-corrected chi connectivity index (χ3v) is 6.45. The van der Waals surface area contributed by atoms with E-state index in [1.807, 2.05) is 44.2 Å². The molecular formula is C27H27ClN4O4S. The Labute approximate surface area is 226 Å². The molecule has 1 aromatic heterocycles. The van der Waals surface area contributed by atoms with Crippen molar-refractivity contribution in [3.8, 4) is 11.5 Å². The Balaban J connectivity index is 1.61. The second kappa shape index (κ2) is 11.6. The summed E-state index contributed by atoms with van der Waals surface area (Å²) in [6, 6.07) is 14.7. The highest BCUT2D eigenvalue weighted by atomic mass is 35.5. The van der Waals surface area contributed by atoms with Gasteiger partial charge in [-0.25, -0.2) is 4.79 Å². The molecule has 0 bridgehead atoms. The second-order valence-corrected chi connectivity index (χ2v) is 9.36. The molecule has 10 heteroatoms. The minimum absolute atomic E-state index is 0.196. The lowest BCUT2D eigenvalue weighted by Gasteiger charge is -2.36. The summed E-state index contributed by atoms with van der Waals surface area (Å²) in [5.41, 5.74) is 6.22. The molecule has 0 saturated heterocycles. The second-order valence-electron chi connectivity index (χ2n) is 8.54. The van der Waals surface area contributed by atoms with Gasteiger partial charge >= 0.3 is 5.97 Å². The van der Waals surface area contributed by atoms with Crippen LogP contribution in [0.2, 0.25) is 5.02 Å². The number of nitrogens with zero attached hydrogens (tertiary/aromatic N) is 2. The molecule has 192 valence electrons. The molecule has 4 rings (SSSR count). The molecule has 37 heavy (non-hydrogen) atoms. The predicted octanol–water partition coefficient (Wildman–Crippen LogP) is 5.37. The molecule has 0 spiro atoms. The van der Waals surface area contributed by atoms with Crippen LogP contribution in [0, 0.1) is 6.92 Å². The number of ether oxygens (including phenoxy) is 3. The number of fused-ring (bicyclic) bond motifs is 1. The van der Waals surface area contributed by atoms with Crippen molar-refractivity contribution in [2.45, 2.75) is 32.8 Å². The molecule has 2 heterocycles. The van der Waals surface area contributed by atoms with Crippen molar-refractivity contribution in [1.82, 2.24) is 10.4 Å². The van der Waals surface area contributed by atoms with Crippen LogP contribution in [0.25, 0.3) is 0 Å². The zero-order chi connectivity index (χ0) is 26.4. The third-order valence-electron chi connectivity index (χ3n) is 5.84. The van der Waals surface area contributed by atoms with E-state index in [9.17, 15) is 4.79 Å². The molecule has 8 nitrogen and oxygen atoms in total. The van der Waals surface area contributed by atoms with Crippen molar-refractivity contribution < 1.29 is 19.0 Å². The quantitative estimate of drug-likeness (QED) is 0.235. The highest BCUT2D eigenvalue weighted by molar-refractivity contribution is 7.80. The molecule has 0 aliphatic carbocycles. The molecule has 1 unspecified atom stereocenters. The summed E-state index contributed by atoms with van der Waals surface area (Å²) in [4.78, 5) is 16.0. The Bertz CT molecular complexity index is 1340. The van der Waals surface area contributed by atoms with Gasteiger partial charge in [-0.15, -0.1) is 0 Å². The summed E-state index contributed by atoms with van der Waals surface area (Å²) < 4.78 is 17.0. The van der Waals surface area contributed by atoms with Gasteiger partial charge in [0, 0.05) is 40.7 Å². The molecular weight excluding hydrogens is 512 g/mol. The van der Waals surface area contributed by atoms with Gasteiger partial charge in [-0.1, -0.05) is 23.7 Å². The maximum Gasteiger partial charge on any atom is 0.344 e. The number of pyridine rings is 1. The van der Waals surface area contributed by atoms with E-state index in [0.717, 1.165) is 22.4 Å². The largest absolute Gasteiger partial charge is 0.482 e. The minimum atomic E-state index is -0.715. The summed E-state index contributed by atoms with van der Waals surface area (Å²) in [7, 11) is 0. The van der Waals surface area contributed by atoms with E-state index >= 15 is 0 Å². The van der Waals surface area contributed by atoms with Gasteiger partial charge in [0.25, 0.3) is 0 Å². The van der Waals surface area contributed by atoms with Crippen molar-refractivity contribution >= 4 is 46.3 Å². The number of halogens is 1. The van der Waals surface area contributed by atoms with Gasteiger partial charge in [0.2, 0.25) is 0 Å². The molecule has 0 radical (unpaired) electrons. The Kier molecular flexibility index (Phi) is 8.25. The van der Waals surface area contributed by atoms with Gasteiger partial charge in [-0.2, -0.15) is 5.10 Å². The number of hydrazone groups is 1. The summed E-state index contributed by atoms with van der Waals surface area (Å²) >= 11 is 11.7. The molecule has 2 aromatic carbocycles. The number of carbonyl (C=O) groups is 1. The third kappa shape index (κ3) is 6.36. The highest BCUT2D eigenvalue weighted by Crippen LogP contribution is 2.40. The van der Waals surface area contributed by atoms with Crippen LogP contribution in [0.3, 0.4) is 0 Å². The van der Waals surface area contributed by atoms with Crippen LogP contribution < -0.4 is 20.2 Å². The smallest absolute Gasteiger partial charge is 0.344 e. The standard InChI is InChI=1S/C27H27ClN4O4S/c1-4-34-25(33)16-35-19-10-11-24-20(13-19)23(14-27(3,36-24)18-7-6-12-29-15-18)31-32-26(37)30-22-9-5-8-21(28)17(22)2/h5-13,15H,4,14,16H2,1-3H3,(H2,30,32,37). The Morgan fingerprint density at radius 3 is 2.86 bits per heavy atom. The summed E-state index contributed by atoms with van der Waals surface area (Å²) in [6.07, 6.45) is 3.93. The number of benzene rings is 2. The Hall–Kier alpha value is -3.69. The summed E-state index contributed by atoms with van der Waals surface area (Å²) in [5, 5.41) is 8.72. The minimum Gasteiger partial charge on any atom is -0.482 e. The molecule has 0 amide bonds. The van der Waals surface area contributed by atoms with Gasteiger partial charge < -0.3 is 19.5 Å². The SMILES string of the molecule is CCOC(=O)COc1ccc2c(c1)C(=NNC(=S)Nc1cccc(Cl)c1C)CC(C)(c1cccnc1)O2. The lowest BCUT2D eigenvalue weighted by Crippen LogP contribution is -2.38. The van der Waals surface area contributed by atoms with Crippen LogP contribution in [-0.4, -0.2) is 35.0 Å². The molecule has 0 saturated carbocycles. The van der Waals surface area contributed by atoms with Crippen molar-refractivity contribution in [3.63, 3.8) is 0 Å². The van der Waals surface area contributed by atoms with Crippen LogP contribution in [0.15, 0.2) is 66.0 Å². The molecule has 3 aromatic rings. The fourth-order valence-corrected chi connectivity index (χ4v) is 4.23. The van der Waals surface area contributed by atoms with Gasteiger partial charge in [-0.05, 0) is 75.0 Å². The number of hydrogen-bond donors (Lipinski definition) is 2. The number of aromatic nitrogens is 1. The number of thiocarbonyl (C=S) groups is 1. The molecule has 0 fully saturated rings. The average molecular weight is 539 g/mol. The number of carbonyl (C=O) groups excluding carboxylic acids is 1. The normalized spacial score (nSPS) is 17.4. The Morgan fingerprint density at radius 1 is 1.27 bits per heavy atom. The van der Waals surface area contributed by atoms with Gasteiger partial charge in [-0.3, -0.25) is 10.4 Å². The number of hydrogen-bond acceptors (Lipinski definition) is 7. The van der Waals surface area contributed by atoms with E-state index < -0.39 is 11.6 Å². The molecule has 1 aliphatic heterocycles. The van der Waals surface area contributed by atoms with E-state index in [0.29, 0.717) is 33.8 Å². The fraction of sp³-hybridized carbons (Fsp3) is 0.259. The van der Waals surface area contributed by atoms with Crippen molar-refractivity contribution in [2.24, 2.45) is 5.10 Å². The average Bonchev–Trinajstić information content (AvgIpc) is 2.89. The lowest BCUT2D eigenvalue weighted by atomic mass is 9.86. The monoisotopic (exact) mass is 538 g/mol. The van der Waals surface area contributed by atoms with E-state index in [1.54, 1.807) is 37.5 Å². The number of anilines is 1. The molecule has 2 N–H and O–H groups in total. The first kappa shape index (κ1) is 26.4. The number of nitrogens with one attached hydrogen (secondary N) is 2. The zero-order valence-corrected chi connectivity index (χ0v) is 22.3. The lowest BCUT2D eigenvalue weighted by molar-refractivity contribution is -0.145. The summed E-state index contributed by atoms with van der Waals surface area (Å²) in [5.74, 6) is 0.665. The first-order valence-corrected chi connectivity index (χ1v) is 12.5. The van der Waals surface area contributed by atoms with Crippen molar-refractivity contribution in [3.05, 3.63) is 82.6 Å². The van der Waals surface area contributed by atoms with E-state index in [2.05, 4.69) is 20.8 Å². The first-order valence-electron chi connectivity index (χ1n) is 11.7. The number of rotatable bonds is 7. The van der Waals surface area contributed by atoms with Crippen molar-refractivity contribution in [1.29, 1.82) is 0 Å². The van der Waals surface area contributed by atoms with E-state index in [-0.39, 0.29) is 13.2 Å². The molecule has 1 atom stereocenters. The maximum atomic E-state index is 11.7. The topological polar surface area (TPSA) is 94.1 Å². The van der Waals surface area contributed by atoms with Crippen LogP contribution in [0.1, 0.15) is 37.0 Å². The van der Waals surface area contributed by atoms with Gasteiger partial charge in [0.1, 0.15) is 17.1 Å². The van der Waals surface area contributed by atoms with Crippen LogP contribution >= 0.6 is 23.8 Å². The first-order chi connectivity index (χ1) is 17.8. The highest BCUT2D eigenvalue weighted by Gasteiger charge is 2.37. The van der Waals surface area contributed by atoms with E-state index in [4.69, 9.17) is 38.0 Å². The zero-order valence-electron chi connectivity index (χ0n) is 20.7. The van der Waals surface area contributed by atoms with E-state index in [1.165, 1.54) is 0 Å². The summed E-state index contributed by atoms with van der Waals surface area (Å²) in [6.45, 7) is 5.73. The van der Waals surface area contributed by atoms with Gasteiger partial charge in [0.15, 0.2) is 11.7 Å². The number of esters is 1. The van der Waals surface area contributed by atoms with Crippen LogP contribution in [0.4, 0.5) is 5.69 Å². The fourth-order valence-electron chi connectivity index (χ4n) is 3.90. The van der Waals surface area contributed by atoms with Crippen LogP contribution in [0.5, 0.6) is 11.5 Å². The maximum absolute atomic E-state index is 11.7. The van der Waals surface area contributed by atoms with Crippen molar-refractivity contribution in [2.75, 3.05) is 18.5 Å². The predicted molar refractivity (Wildman–Crippen MR) is 147 cm³/mol. The Morgan fingerprint density at radius 2 is 2.11 bits per heavy atom. The van der Waals surface area contributed by atoms with Gasteiger partial charge in [0.05, 0.1) is 12.3 Å². The molecule has 1 aliphatic rings. The van der Waals surface area contributed by atoms with Crippen LogP contribution in [-0.2, 0) is 15.1 Å².